The number of likely N-dealkylation sites (N-methyl/N-ethyl adjacent to an activating group) is 1. The molecule has 1 aromatic carbocycles. The van der Waals surface area contributed by atoms with Crippen LogP contribution < -0.4 is 10.8 Å². The summed E-state index contributed by atoms with van der Waals surface area (Å²) >= 11 is 0. The number of rotatable bonds is 3. The Kier molecular flexibility index (Phi) is 2.59. The molecular weight excluding hydrogens is 173 g/mol. The van der Waals surface area contributed by atoms with Crippen molar-refractivity contribution < 1.29 is 4.42 Å². The van der Waals surface area contributed by atoms with Crippen molar-refractivity contribution in [2.45, 2.75) is 6.42 Å². The van der Waals surface area contributed by atoms with Gasteiger partial charge < -0.3 is 9.73 Å². The van der Waals surface area contributed by atoms with Gasteiger partial charge in [0.1, 0.15) is 19.2 Å². The average molecular weight is 185 g/mol. The molecule has 0 fully saturated rings. The van der Waals surface area contributed by atoms with Crippen LogP contribution in [-0.4, -0.2) is 21.4 Å². The van der Waals surface area contributed by atoms with Crippen LogP contribution in [0.15, 0.2) is 28.7 Å². The summed E-state index contributed by atoms with van der Waals surface area (Å²) in [6.45, 7) is 0.926. The molecule has 1 heterocycles. The highest BCUT2D eigenvalue weighted by atomic mass is 16.3. The van der Waals surface area contributed by atoms with Crippen molar-refractivity contribution in [3.63, 3.8) is 0 Å². The van der Waals surface area contributed by atoms with Crippen LogP contribution in [0.4, 0.5) is 0 Å². The molecule has 2 radical (unpaired) electrons. The Hall–Kier alpha value is -1.22. The Morgan fingerprint density at radius 1 is 1.36 bits per heavy atom. The molecule has 0 amide bonds. The second-order valence-corrected chi connectivity index (χ2v) is 3.36. The van der Waals surface area contributed by atoms with Gasteiger partial charge in [0.25, 0.3) is 0 Å². The lowest BCUT2D eigenvalue weighted by Crippen LogP contribution is -2.09. The Morgan fingerprint density at radius 3 is 3.00 bits per heavy atom. The third kappa shape index (κ3) is 1.83. The molecule has 70 valence electrons. The van der Waals surface area contributed by atoms with Gasteiger partial charge in [0, 0.05) is 18.4 Å². The van der Waals surface area contributed by atoms with Crippen LogP contribution in [0.25, 0.3) is 11.0 Å². The van der Waals surface area contributed by atoms with E-state index in [2.05, 4.69) is 5.32 Å². The maximum atomic E-state index is 5.68. The predicted octanol–water partition coefficient (Wildman–Crippen LogP) is 0.988. The fourth-order valence-electron chi connectivity index (χ4n) is 1.49. The zero-order valence-electron chi connectivity index (χ0n) is 8.21. The van der Waals surface area contributed by atoms with Crippen LogP contribution in [0.1, 0.15) is 5.76 Å². The van der Waals surface area contributed by atoms with Crippen LogP contribution in [0, 0.1) is 0 Å². The summed E-state index contributed by atoms with van der Waals surface area (Å²) in [6, 6.07) is 7.74. The molecule has 2 rings (SSSR count). The van der Waals surface area contributed by atoms with E-state index in [-0.39, 0.29) is 0 Å². The van der Waals surface area contributed by atoms with Crippen molar-refractivity contribution >= 4 is 24.3 Å². The maximum Gasteiger partial charge on any atom is 0.134 e. The predicted molar refractivity (Wildman–Crippen MR) is 59.2 cm³/mol. The maximum absolute atomic E-state index is 5.68. The molecule has 0 atom stereocenters. The number of nitrogens with one attached hydrogen (secondary N) is 1. The topological polar surface area (TPSA) is 25.2 Å². The first-order chi connectivity index (χ1) is 6.79. The molecule has 14 heavy (non-hydrogen) atoms. The molecule has 0 aliphatic heterocycles. The fourth-order valence-corrected chi connectivity index (χ4v) is 1.49. The van der Waals surface area contributed by atoms with Crippen molar-refractivity contribution in [2.24, 2.45) is 0 Å². The molecule has 0 unspecified atom stereocenters. The first kappa shape index (κ1) is 9.34. The lowest BCUT2D eigenvalue weighted by molar-refractivity contribution is 0.541. The zero-order valence-corrected chi connectivity index (χ0v) is 8.21. The summed E-state index contributed by atoms with van der Waals surface area (Å²) in [6.07, 6.45) is 0.908. The van der Waals surface area contributed by atoms with E-state index in [1.807, 2.05) is 31.3 Å². The van der Waals surface area contributed by atoms with E-state index in [9.17, 15) is 0 Å². The quantitative estimate of drug-likeness (QED) is 0.721. The molecule has 0 aliphatic rings. The van der Waals surface area contributed by atoms with Crippen LogP contribution in [0.3, 0.4) is 0 Å². The van der Waals surface area contributed by atoms with Crippen molar-refractivity contribution in [3.05, 3.63) is 30.0 Å². The molecule has 0 bridgehead atoms. The first-order valence-electron chi connectivity index (χ1n) is 4.72. The third-order valence-corrected chi connectivity index (χ3v) is 2.21. The Bertz CT molecular complexity index is 436. The molecule has 1 aromatic heterocycles. The molecule has 0 spiro atoms. The largest absolute Gasteiger partial charge is 0.461 e. The molecule has 1 N–H and O–H groups in total. The number of furan rings is 1. The van der Waals surface area contributed by atoms with Gasteiger partial charge in [-0.1, -0.05) is 17.6 Å². The van der Waals surface area contributed by atoms with Gasteiger partial charge in [-0.3, -0.25) is 0 Å². The lowest BCUT2D eigenvalue weighted by atomic mass is 9.95. The lowest BCUT2D eigenvalue weighted by Gasteiger charge is -1.93. The molecule has 0 saturated carbocycles. The van der Waals surface area contributed by atoms with Gasteiger partial charge in [-0.2, -0.15) is 0 Å². The molecule has 2 aromatic rings. The Balaban J connectivity index is 2.32. The van der Waals surface area contributed by atoms with Gasteiger partial charge in [-0.05, 0) is 19.2 Å². The highest BCUT2D eigenvalue weighted by Crippen LogP contribution is 2.17. The minimum Gasteiger partial charge on any atom is -0.461 e. The van der Waals surface area contributed by atoms with Crippen LogP contribution in [-0.2, 0) is 6.42 Å². The van der Waals surface area contributed by atoms with Gasteiger partial charge in [-0.15, -0.1) is 0 Å². The first-order valence-corrected chi connectivity index (χ1v) is 4.72. The normalized spacial score (nSPS) is 10.9. The monoisotopic (exact) mass is 185 g/mol. The van der Waals surface area contributed by atoms with Gasteiger partial charge in [0.15, 0.2) is 0 Å². The third-order valence-electron chi connectivity index (χ3n) is 2.21. The summed E-state index contributed by atoms with van der Waals surface area (Å²) in [7, 11) is 7.61. The van der Waals surface area contributed by atoms with E-state index in [1.165, 1.54) is 0 Å². The zero-order chi connectivity index (χ0) is 9.97. The summed E-state index contributed by atoms with van der Waals surface area (Å²) in [5.74, 6) is 1.000. The minimum absolute atomic E-state index is 0.776. The summed E-state index contributed by atoms with van der Waals surface area (Å²) in [4.78, 5) is 0. The number of hydrogen-bond donors (Lipinski definition) is 1. The molecule has 0 saturated heterocycles. The standard InChI is InChI=1S/C11H12BNO/c1-13-5-4-10-7-8-6-9(12)2-3-11(8)14-10/h2-3,6-7,13H,4-5H2,1H3. The van der Waals surface area contributed by atoms with Gasteiger partial charge in [0.2, 0.25) is 0 Å². The van der Waals surface area contributed by atoms with Crippen molar-refractivity contribution in [1.82, 2.24) is 5.32 Å². The SMILES string of the molecule is [B]c1ccc2oc(CCNC)cc2c1. The second-order valence-electron chi connectivity index (χ2n) is 3.36. The van der Waals surface area contributed by atoms with Crippen LogP contribution >= 0.6 is 0 Å². The van der Waals surface area contributed by atoms with Gasteiger partial charge in [-0.25, -0.2) is 0 Å². The van der Waals surface area contributed by atoms with Gasteiger partial charge in [0.05, 0.1) is 0 Å². The summed E-state index contributed by atoms with van der Waals surface area (Å²) in [5.41, 5.74) is 1.68. The smallest absolute Gasteiger partial charge is 0.134 e. The molecule has 3 heteroatoms. The highest BCUT2D eigenvalue weighted by Gasteiger charge is 2.02. The van der Waals surface area contributed by atoms with E-state index < -0.39 is 0 Å². The van der Waals surface area contributed by atoms with Crippen molar-refractivity contribution in [2.75, 3.05) is 13.6 Å². The average Bonchev–Trinajstić information content (AvgIpc) is 2.56. The van der Waals surface area contributed by atoms with Crippen LogP contribution in [0.2, 0.25) is 0 Å². The minimum atomic E-state index is 0.776. The second kappa shape index (κ2) is 3.88. The fraction of sp³-hybridized carbons (Fsp3) is 0.273. The van der Waals surface area contributed by atoms with Crippen molar-refractivity contribution in [1.29, 1.82) is 0 Å². The Labute approximate surface area is 84.7 Å². The Morgan fingerprint density at radius 2 is 2.21 bits per heavy atom. The molecule has 2 nitrogen and oxygen atoms in total. The molecule has 0 aliphatic carbocycles. The highest BCUT2D eigenvalue weighted by molar-refractivity contribution is 6.33. The number of benzene rings is 1. The van der Waals surface area contributed by atoms with E-state index in [4.69, 9.17) is 12.3 Å². The number of hydrogen-bond acceptors (Lipinski definition) is 2. The van der Waals surface area contributed by atoms with Gasteiger partial charge >= 0.3 is 0 Å². The van der Waals surface area contributed by atoms with Crippen LogP contribution in [0.5, 0.6) is 0 Å². The van der Waals surface area contributed by atoms with Crippen molar-refractivity contribution in [3.8, 4) is 0 Å². The number of fused-ring (bicyclic) bond motifs is 1. The summed E-state index contributed by atoms with van der Waals surface area (Å²) in [5, 5.41) is 4.17. The van der Waals surface area contributed by atoms with E-state index in [0.29, 0.717) is 0 Å². The van der Waals surface area contributed by atoms with E-state index in [1.54, 1.807) is 0 Å². The summed E-state index contributed by atoms with van der Waals surface area (Å²) < 4.78 is 5.63. The molecular formula is C11H12BNO. The van der Waals surface area contributed by atoms with E-state index >= 15 is 0 Å². The van der Waals surface area contributed by atoms with E-state index in [0.717, 1.165) is 35.2 Å².